The summed E-state index contributed by atoms with van der Waals surface area (Å²) in [5.74, 6) is 2.17. The van der Waals surface area contributed by atoms with Crippen LogP contribution in [-0.2, 0) is 4.79 Å². The number of aliphatic hydroxyl groups is 1. The molecule has 6 atom stereocenters. The molecule has 4 rings (SSSR count). The standard InChI is InChI=1S/C19H26O2/c1-18-7-3-4-14(18)13-11-17(21)16-10-12(20)5-9-19(16,2)15(13)6-8-18/h3,7,10,13-15,17,21H,4-6,8-9,11H2,1-2H3/t13-,14-,15-,17?,18-,19+/m0/s1. The van der Waals surface area contributed by atoms with Crippen molar-refractivity contribution in [2.75, 3.05) is 0 Å². The van der Waals surface area contributed by atoms with Crippen molar-refractivity contribution in [3.05, 3.63) is 23.8 Å². The van der Waals surface area contributed by atoms with Crippen molar-refractivity contribution >= 4 is 5.78 Å². The summed E-state index contributed by atoms with van der Waals surface area (Å²) in [5.41, 5.74) is 1.46. The molecule has 0 heterocycles. The number of carbonyl (C=O) groups excluding carboxylic acids is 1. The van der Waals surface area contributed by atoms with Crippen LogP contribution in [0.5, 0.6) is 0 Å². The lowest BCUT2D eigenvalue weighted by Crippen LogP contribution is -2.53. The van der Waals surface area contributed by atoms with Crippen molar-refractivity contribution in [2.24, 2.45) is 28.6 Å². The molecule has 1 N–H and O–H groups in total. The smallest absolute Gasteiger partial charge is 0.155 e. The van der Waals surface area contributed by atoms with Crippen LogP contribution in [0.2, 0.25) is 0 Å². The fourth-order valence-corrected chi connectivity index (χ4v) is 6.09. The number of hydrogen-bond donors (Lipinski definition) is 1. The molecule has 2 heteroatoms. The highest BCUT2D eigenvalue weighted by Crippen LogP contribution is 2.63. The molecule has 0 aromatic rings. The molecule has 114 valence electrons. The Balaban J connectivity index is 1.74. The molecule has 2 fully saturated rings. The fraction of sp³-hybridized carbons (Fsp3) is 0.737. The van der Waals surface area contributed by atoms with E-state index in [1.54, 1.807) is 6.08 Å². The van der Waals surface area contributed by atoms with Crippen molar-refractivity contribution < 1.29 is 9.90 Å². The number of allylic oxidation sites excluding steroid dienone is 3. The van der Waals surface area contributed by atoms with Gasteiger partial charge in [-0.2, -0.15) is 0 Å². The van der Waals surface area contributed by atoms with Crippen LogP contribution in [0.15, 0.2) is 23.8 Å². The second-order valence-corrected chi connectivity index (χ2v) is 8.29. The molecular formula is C19H26O2. The van der Waals surface area contributed by atoms with Crippen LogP contribution in [0, 0.1) is 28.6 Å². The molecule has 2 nitrogen and oxygen atoms in total. The van der Waals surface area contributed by atoms with Crippen LogP contribution in [0.4, 0.5) is 0 Å². The molecule has 0 aromatic carbocycles. The monoisotopic (exact) mass is 286 g/mol. The van der Waals surface area contributed by atoms with Gasteiger partial charge < -0.3 is 5.11 Å². The third kappa shape index (κ3) is 1.78. The Bertz CT molecular complexity index is 546. The first kappa shape index (κ1) is 13.8. The molecule has 0 saturated heterocycles. The van der Waals surface area contributed by atoms with Gasteiger partial charge in [0.15, 0.2) is 5.78 Å². The Morgan fingerprint density at radius 3 is 2.86 bits per heavy atom. The summed E-state index contributed by atoms with van der Waals surface area (Å²) >= 11 is 0. The van der Waals surface area contributed by atoms with Crippen molar-refractivity contribution in [1.29, 1.82) is 0 Å². The van der Waals surface area contributed by atoms with E-state index in [1.807, 2.05) is 0 Å². The van der Waals surface area contributed by atoms with Gasteiger partial charge in [0.05, 0.1) is 6.10 Å². The SMILES string of the molecule is C[C@@]12C=CC[C@H]1[C@@H]1CC(O)C3=CC(=O)CC[C@]3(C)[C@H]1CC2. The average Bonchev–Trinajstić information content (AvgIpc) is 2.83. The van der Waals surface area contributed by atoms with E-state index in [0.717, 1.165) is 18.4 Å². The highest BCUT2D eigenvalue weighted by molar-refractivity contribution is 5.91. The number of hydrogen-bond acceptors (Lipinski definition) is 2. The van der Waals surface area contributed by atoms with E-state index in [2.05, 4.69) is 26.0 Å². The average molecular weight is 286 g/mol. The Labute approximate surface area is 127 Å². The summed E-state index contributed by atoms with van der Waals surface area (Å²) in [6.07, 6.45) is 12.3. The van der Waals surface area contributed by atoms with Crippen LogP contribution < -0.4 is 0 Å². The highest BCUT2D eigenvalue weighted by Gasteiger charge is 2.57. The number of rotatable bonds is 0. The third-order valence-electron chi connectivity index (χ3n) is 7.30. The van der Waals surface area contributed by atoms with E-state index in [-0.39, 0.29) is 11.2 Å². The van der Waals surface area contributed by atoms with Crippen molar-refractivity contribution in [2.45, 2.75) is 58.5 Å². The van der Waals surface area contributed by atoms with E-state index < -0.39 is 6.10 Å². The van der Waals surface area contributed by atoms with E-state index in [0.29, 0.717) is 29.6 Å². The molecule has 0 bridgehead atoms. The first-order valence-electron chi connectivity index (χ1n) is 8.55. The summed E-state index contributed by atoms with van der Waals surface area (Å²) in [6, 6.07) is 0. The largest absolute Gasteiger partial charge is 0.389 e. The summed E-state index contributed by atoms with van der Waals surface area (Å²) in [4.78, 5) is 11.8. The van der Waals surface area contributed by atoms with E-state index in [9.17, 15) is 9.90 Å². The lowest BCUT2D eigenvalue weighted by atomic mass is 9.47. The summed E-state index contributed by atoms with van der Waals surface area (Å²) in [6.45, 7) is 4.72. The molecule has 0 amide bonds. The van der Waals surface area contributed by atoms with Crippen LogP contribution in [0.1, 0.15) is 52.4 Å². The van der Waals surface area contributed by atoms with Gasteiger partial charge in [-0.15, -0.1) is 0 Å². The molecule has 0 spiro atoms. The summed E-state index contributed by atoms with van der Waals surface area (Å²) in [7, 11) is 0. The maximum absolute atomic E-state index is 11.8. The van der Waals surface area contributed by atoms with Gasteiger partial charge >= 0.3 is 0 Å². The number of fused-ring (bicyclic) bond motifs is 5. The van der Waals surface area contributed by atoms with Gasteiger partial charge in [-0.3, -0.25) is 4.79 Å². The van der Waals surface area contributed by atoms with Gasteiger partial charge in [0.1, 0.15) is 0 Å². The molecule has 21 heavy (non-hydrogen) atoms. The lowest BCUT2D eigenvalue weighted by molar-refractivity contribution is -0.118. The maximum atomic E-state index is 11.8. The molecule has 4 aliphatic rings. The Morgan fingerprint density at radius 1 is 1.24 bits per heavy atom. The molecule has 1 unspecified atom stereocenters. The highest BCUT2D eigenvalue weighted by atomic mass is 16.3. The normalized spacial score (nSPS) is 52.0. The van der Waals surface area contributed by atoms with Gasteiger partial charge in [0, 0.05) is 6.42 Å². The van der Waals surface area contributed by atoms with Gasteiger partial charge in [-0.25, -0.2) is 0 Å². The minimum absolute atomic E-state index is 0.0557. The second-order valence-electron chi connectivity index (χ2n) is 8.29. The predicted octanol–water partition coefficient (Wildman–Crippen LogP) is 3.66. The van der Waals surface area contributed by atoms with Crippen LogP contribution in [0.25, 0.3) is 0 Å². The molecule has 4 aliphatic carbocycles. The summed E-state index contributed by atoms with van der Waals surface area (Å²) in [5, 5.41) is 10.7. The number of aliphatic hydroxyl groups excluding tert-OH is 1. The quantitative estimate of drug-likeness (QED) is 0.690. The Kier molecular flexibility index (Phi) is 2.83. The third-order valence-corrected chi connectivity index (χ3v) is 7.30. The zero-order valence-corrected chi connectivity index (χ0v) is 13.1. The number of carbonyl (C=O) groups is 1. The topological polar surface area (TPSA) is 37.3 Å². The molecule has 0 radical (unpaired) electrons. The van der Waals surface area contributed by atoms with Crippen LogP contribution in [0.3, 0.4) is 0 Å². The minimum atomic E-state index is -0.400. The van der Waals surface area contributed by atoms with Crippen molar-refractivity contribution in [3.63, 3.8) is 0 Å². The molecule has 0 aliphatic heterocycles. The fourth-order valence-electron chi connectivity index (χ4n) is 6.09. The molecule has 0 aromatic heterocycles. The second kappa shape index (κ2) is 4.32. The molecular weight excluding hydrogens is 260 g/mol. The maximum Gasteiger partial charge on any atom is 0.155 e. The predicted molar refractivity (Wildman–Crippen MR) is 82.6 cm³/mol. The van der Waals surface area contributed by atoms with E-state index in [1.165, 1.54) is 19.3 Å². The van der Waals surface area contributed by atoms with Crippen molar-refractivity contribution in [1.82, 2.24) is 0 Å². The van der Waals surface area contributed by atoms with Crippen LogP contribution >= 0.6 is 0 Å². The number of ketones is 1. The Morgan fingerprint density at radius 2 is 2.05 bits per heavy atom. The lowest BCUT2D eigenvalue weighted by Gasteiger charge is -2.58. The van der Waals surface area contributed by atoms with Crippen LogP contribution in [-0.4, -0.2) is 17.0 Å². The van der Waals surface area contributed by atoms with Gasteiger partial charge in [0.2, 0.25) is 0 Å². The molecule has 2 saturated carbocycles. The minimum Gasteiger partial charge on any atom is -0.389 e. The Hall–Kier alpha value is -0.890. The first-order chi connectivity index (χ1) is 9.94. The van der Waals surface area contributed by atoms with Gasteiger partial charge in [0.25, 0.3) is 0 Å². The summed E-state index contributed by atoms with van der Waals surface area (Å²) < 4.78 is 0. The zero-order valence-electron chi connectivity index (χ0n) is 13.1. The van der Waals surface area contributed by atoms with Gasteiger partial charge in [-0.1, -0.05) is 26.0 Å². The zero-order chi connectivity index (χ0) is 14.8. The first-order valence-corrected chi connectivity index (χ1v) is 8.55. The van der Waals surface area contributed by atoms with E-state index >= 15 is 0 Å². The van der Waals surface area contributed by atoms with E-state index in [4.69, 9.17) is 0 Å². The van der Waals surface area contributed by atoms with Gasteiger partial charge in [-0.05, 0) is 72.3 Å². The van der Waals surface area contributed by atoms with Crippen molar-refractivity contribution in [3.8, 4) is 0 Å².